The molecule has 0 aliphatic rings. The molecule has 0 aromatic carbocycles. The maximum atomic E-state index is 5.52. The van der Waals surface area contributed by atoms with Crippen LogP contribution < -0.4 is 16.6 Å². The highest BCUT2D eigenvalue weighted by atomic mass is 32.1. The van der Waals surface area contributed by atoms with Crippen LogP contribution in [0.5, 0.6) is 0 Å². The third-order valence-corrected chi connectivity index (χ3v) is 4.01. The molecule has 4 N–H and O–H groups in total. The van der Waals surface area contributed by atoms with Crippen LogP contribution in [-0.2, 0) is 12.8 Å². The second-order valence-corrected chi connectivity index (χ2v) is 5.82. The molecule has 1 atom stereocenters. The number of nitrogens with two attached hydrogens (primary N) is 1. The molecule has 0 saturated heterocycles. The van der Waals surface area contributed by atoms with Crippen molar-refractivity contribution in [3.8, 4) is 0 Å². The van der Waals surface area contributed by atoms with E-state index in [1.165, 1.54) is 4.88 Å². The van der Waals surface area contributed by atoms with E-state index < -0.39 is 0 Å². The van der Waals surface area contributed by atoms with E-state index in [0.717, 1.165) is 30.0 Å². The van der Waals surface area contributed by atoms with Gasteiger partial charge in [0.05, 0.1) is 0 Å². The van der Waals surface area contributed by atoms with E-state index >= 15 is 0 Å². The summed E-state index contributed by atoms with van der Waals surface area (Å²) in [6.45, 7) is 6.15. The van der Waals surface area contributed by atoms with E-state index in [1.807, 2.05) is 13.8 Å². The van der Waals surface area contributed by atoms with Gasteiger partial charge in [-0.3, -0.25) is 0 Å². The highest BCUT2D eigenvalue weighted by molar-refractivity contribution is 7.09. The SMILES string of the molecule is CCc1nc(NN)c(C)c(NC(C)Cc2cccs2)n1. The molecule has 2 aromatic rings. The molecule has 108 valence electrons. The predicted molar refractivity (Wildman–Crippen MR) is 85.1 cm³/mol. The lowest BCUT2D eigenvalue weighted by molar-refractivity contribution is 0.786. The summed E-state index contributed by atoms with van der Waals surface area (Å²) in [5, 5.41) is 5.56. The maximum Gasteiger partial charge on any atom is 0.148 e. The number of nitrogens with zero attached hydrogens (tertiary/aromatic N) is 2. The van der Waals surface area contributed by atoms with E-state index in [1.54, 1.807) is 11.3 Å². The third-order valence-electron chi connectivity index (χ3n) is 3.12. The van der Waals surface area contributed by atoms with Crippen molar-refractivity contribution in [2.45, 2.75) is 39.7 Å². The van der Waals surface area contributed by atoms with Gasteiger partial charge in [0.25, 0.3) is 0 Å². The van der Waals surface area contributed by atoms with E-state index in [9.17, 15) is 0 Å². The molecule has 0 aliphatic carbocycles. The van der Waals surface area contributed by atoms with Crippen molar-refractivity contribution in [3.63, 3.8) is 0 Å². The standard InChI is InChI=1S/C14H21N5S/c1-4-12-17-13(10(3)14(18-12)19-15)16-9(2)8-11-6-5-7-20-11/h5-7,9H,4,8,15H2,1-3H3,(H2,16,17,18,19). The van der Waals surface area contributed by atoms with Crippen LogP contribution in [0.4, 0.5) is 11.6 Å². The first kappa shape index (κ1) is 14.7. The van der Waals surface area contributed by atoms with Crippen LogP contribution in [0, 0.1) is 6.92 Å². The summed E-state index contributed by atoms with van der Waals surface area (Å²) in [7, 11) is 0. The van der Waals surface area contributed by atoms with Crippen molar-refractivity contribution in [3.05, 3.63) is 33.8 Å². The van der Waals surface area contributed by atoms with Gasteiger partial charge in [-0.25, -0.2) is 15.8 Å². The number of nitrogens with one attached hydrogen (secondary N) is 2. The van der Waals surface area contributed by atoms with Crippen LogP contribution in [0.2, 0.25) is 0 Å². The van der Waals surface area contributed by atoms with Crippen LogP contribution in [0.1, 0.15) is 30.1 Å². The van der Waals surface area contributed by atoms with Gasteiger partial charge in [-0.2, -0.15) is 0 Å². The Morgan fingerprint density at radius 2 is 2.10 bits per heavy atom. The Morgan fingerprint density at radius 3 is 2.70 bits per heavy atom. The summed E-state index contributed by atoms with van der Waals surface area (Å²) >= 11 is 1.78. The minimum absolute atomic E-state index is 0.303. The quantitative estimate of drug-likeness (QED) is 0.563. The highest BCUT2D eigenvalue weighted by Gasteiger charge is 2.12. The Bertz CT molecular complexity index is 553. The van der Waals surface area contributed by atoms with Crippen LogP contribution >= 0.6 is 11.3 Å². The summed E-state index contributed by atoms with van der Waals surface area (Å²) in [5.41, 5.74) is 3.59. The van der Waals surface area contributed by atoms with E-state index in [4.69, 9.17) is 5.84 Å². The average Bonchev–Trinajstić information content (AvgIpc) is 2.93. The number of anilines is 2. The second-order valence-electron chi connectivity index (χ2n) is 4.79. The number of hydrogen-bond acceptors (Lipinski definition) is 6. The van der Waals surface area contributed by atoms with Crippen LogP contribution in [0.25, 0.3) is 0 Å². The van der Waals surface area contributed by atoms with E-state index in [2.05, 4.69) is 45.1 Å². The Hall–Kier alpha value is -1.66. The molecule has 2 heterocycles. The fraction of sp³-hybridized carbons (Fsp3) is 0.429. The lowest BCUT2D eigenvalue weighted by atomic mass is 10.2. The topological polar surface area (TPSA) is 75.9 Å². The van der Waals surface area contributed by atoms with Gasteiger partial charge >= 0.3 is 0 Å². The second kappa shape index (κ2) is 6.67. The third kappa shape index (κ3) is 3.46. The molecule has 0 fully saturated rings. The van der Waals surface area contributed by atoms with Crippen LogP contribution in [0.3, 0.4) is 0 Å². The van der Waals surface area contributed by atoms with Gasteiger partial charge in [-0.15, -0.1) is 11.3 Å². The van der Waals surface area contributed by atoms with Gasteiger partial charge in [-0.05, 0) is 25.3 Å². The van der Waals surface area contributed by atoms with Gasteiger partial charge in [0.15, 0.2) is 0 Å². The Labute approximate surface area is 123 Å². The molecule has 2 aromatic heterocycles. The molecule has 0 amide bonds. The first-order valence-corrected chi connectivity index (χ1v) is 7.65. The van der Waals surface area contributed by atoms with Crippen molar-refractivity contribution >= 4 is 23.0 Å². The molecule has 20 heavy (non-hydrogen) atoms. The molecule has 6 heteroatoms. The zero-order valence-electron chi connectivity index (χ0n) is 12.1. The van der Waals surface area contributed by atoms with Gasteiger partial charge < -0.3 is 10.7 Å². The van der Waals surface area contributed by atoms with E-state index in [-0.39, 0.29) is 0 Å². The Kier molecular flexibility index (Phi) is 4.92. The minimum Gasteiger partial charge on any atom is -0.367 e. The normalized spacial score (nSPS) is 12.2. The summed E-state index contributed by atoms with van der Waals surface area (Å²) < 4.78 is 0. The van der Waals surface area contributed by atoms with Crippen molar-refractivity contribution in [2.24, 2.45) is 5.84 Å². The first-order valence-electron chi connectivity index (χ1n) is 6.77. The van der Waals surface area contributed by atoms with Crippen LogP contribution in [0.15, 0.2) is 17.5 Å². The van der Waals surface area contributed by atoms with Gasteiger partial charge in [0.2, 0.25) is 0 Å². The number of hydrogen-bond donors (Lipinski definition) is 3. The zero-order valence-corrected chi connectivity index (χ0v) is 12.9. The Morgan fingerprint density at radius 1 is 1.35 bits per heavy atom. The number of thiophene rings is 1. The van der Waals surface area contributed by atoms with Crippen molar-refractivity contribution < 1.29 is 0 Å². The monoisotopic (exact) mass is 291 g/mol. The minimum atomic E-state index is 0.303. The fourth-order valence-electron chi connectivity index (χ4n) is 2.02. The van der Waals surface area contributed by atoms with Crippen LogP contribution in [-0.4, -0.2) is 16.0 Å². The molecule has 2 rings (SSSR count). The number of hydrazine groups is 1. The molecule has 0 aliphatic heterocycles. The lowest BCUT2D eigenvalue weighted by Gasteiger charge is -2.17. The first-order chi connectivity index (χ1) is 9.63. The largest absolute Gasteiger partial charge is 0.367 e. The van der Waals surface area contributed by atoms with E-state index in [0.29, 0.717) is 11.9 Å². The lowest BCUT2D eigenvalue weighted by Crippen LogP contribution is -2.21. The maximum absolute atomic E-state index is 5.52. The Balaban J connectivity index is 2.15. The highest BCUT2D eigenvalue weighted by Crippen LogP contribution is 2.21. The molecule has 5 nitrogen and oxygen atoms in total. The smallest absolute Gasteiger partial charge is 0.148 e. The molecule has 0 saturated carbocycles. The summed E-state index contributed by atoms with van der Waals surface area (Å²) in [4.78, 5) is 10.3. The van der Waals surface area contributed by atoms with Gasteiger partial charge in [-0.1, -0.05) is 13.0 Å². The fourth-order valence-corrected chi connectivity index (χ4v) is 2.85. The molecule has 1 unspecified atom stereocenters. The zero-order chi connectivity index (χ0) is 14.5. The number of nitrogen functional groups attached to an aromatic ring is 1. The average molecular weight is 291 g/mol. The van der Waals surface area contributed by atoms with Gasteiger partial charge in [0, 0.05) is 29.3 Å². The summed E-state index contributed by atoms with van der Waals surface area (Å²) in [6.07, 6.45) is 1.76. The van der Waals surface area contributed by atoms with Crippen molar-refractivity contribution in [2.75, 3.05) is 10.7 Å². The van der Waals surface area contributed by atoms with Gasteiger partial charge in [0.1, 0.15) is 17.5 Å². The molecular formula is C14H21N5S. The summed E-state index contributed by atoms with van der Waals surface area (Å²) in [5.74, 6) is 7.84. The number of rotatable bonds is 6. The molecular weight excluding hydrogens is 270 g/mol. The number of aromatic nitrogens is 2. The van der Waals surface area contributed by atoms with Crippen molar-refractivity contribution in [1.82, 2.24) is 9.97 Å². The summed E-state index contributed by atoms with van der Waals surface area (Å²) in [6, 6.07) is 4.53. The molecule has 0 radical (unpaired) electrons. The number of aryl methyl sites for hydroxylation is 1. The molecule has 0 spiro atoms. The molecule has 0 bridgehead atoms. The predicted octanol–water partition coefficient (Wildman–Crippen LogP) is 2.74. The van der Waals surface area contributed by atoms with Crippen molar-refractivity contribution in [1.29, 1.82) is 0 Å².